The largest absolute Gasteiger partial charge is 0.463 e. The van der Waals surface area contributed by atoms with E-state index < -0.39 is 5.97 Å². The van der Waals surface area contributed by atoms with Crippen molar-refractivity contribution in [3.05, 3.63) is 283 Å². The number of carbonyl (C=O) groups excluding carboxylic acids is 8. The normalized spacial score (nSPS) is 15.5. The van der Waals surface area contributed by atoms with Gasteiger partial charge in [-0.1, -0.05) is 72.8 Å². The molecule has 0 bridgehead atoms. The molecule has 0 spiro atoms. The molecule has 4 saturated heterocycles. The zero-order valence-electron chi connectivity index (χ0n) is 72.7. The lowest BCUT2D eigenvalue weighted by Gasteiger charge is -2.21. The number of imidazole rings is 1. The van der Waals surface area contributed by atoms with Gasteiger partial charge in [-0.05, 0) is 267 Å². The minimum Gasteiger partial charge on any atom is -0.463 e. The Balaban J connectivity index is 0.000000121. The van der Waals surface area contributed by atoms with Gasteiger partial charge in [-0.3, -0.25) is 28.7 Å². The molecule has 27 nitrogen and oxygen atoms in total. The predicted molar refractivity (Wildman–Crippen MR) is 492 cm³/mol. The van der Waals surface area contributed by atoms with E-state index in [1.807, 2.05) is 200 Å². The van der Waals surface area contributed by atoms with E-state index in [2.05, 4.69) is 65.6 Å². The molecule has 9 aliphatic heterocycles. The van der Waals surface area contributed by atoms with E-state index >= 15 is 0 Å². The molecule has 1 N–H and O–H groups in total. The second kappa shape index (κ2) is 39.0. The SMILES string of the molecule is CCOC(=O)C1=Cc2cc(-c3ccc(C(=O)N4CCCC4)cc3)ccc2-n2c(n[nH]c2=O)C1.CCOC(=O)C1=Cc2cc(-c3ccc(C(=O)N4CCCC4)cc3)ccc2-n2ccnc2C1.CCOC(=O)C1=Cc2cc(-c3ccc(C(=O)N4CCCC4)cc3)ccc2-n2cnnc2C1.CCOC(=O)C1=Cc2cc(-c3ccc(C(=O)N4CCCC4)cc3)ccc2N2CCN=C2C1. The van der Waals surface area contributed by atoms with Crippen molar-refractivity contribution in [2.45, 2.75) is 105 Å². The third-order valence-corrected chi connectivity index (χ3v) is 24.5. The van der Waals surface area contributed by atoms with Gasteiger partial charge in [0.05, 0.1) is 50.0 Å². The van der Waals surface area contributed by atoms with Crippen LogP contribution in [0.4, 0.5) is 5.69 Å². The van der Waals surface area contributed by atoms with Crippen LogP contribution in [0.2, 0.25) is 0 Å². The van der Waals surface area contributed by atoms with Crippen LogP contribution in [-0.2, 0) is 57.4 Å². The van der Waals surface area contributed by atoms with Crippen molar-refractivity contribution < 1.29 is 57.3 Å². The summed E-state index contributed by atoms with van der Waals surface area (Å²) in [5.41, 5.74) is 19.7. The highest BCUT2D eigenvalue weighted by Gasteiger charge is 2.32. The number of hydrogen-bond acceptors (Lipinski definition) is 19. The predicted octanol–water partition coefficient (Wildman–Crippen LogP) is 15.1. The fourth-order valence-electron chi connectivity index (χ4n) is 17.8. The van der Waals surface area contributed by atoms with Crippen LogP contribution >= 0.6 is 0 Å². The molecule has 4 fully saturated rings. The number of benzene rings is 8. The first-order valence-electron chi connectivity index (χ1n) is 44.5. The minimum atomic E-state index is -0.428. The molecule has 27 heteroatoms. The van der Waals surface area contributed by atoms with E-state index in [0.29, 0.717) is 89.8 Å². The number of aliphatic imine (C=N–C) groups is 1. The van der Waals surface area contributed by atoms with Gasteiger partial charge in [0.2, 0.25) is 0 Å². The Hall–Kier alpha value is -14.8. The van der Waals surface area contributed by atoms with Crippen molar-refractivity contribution in [1.29, 1.82) is 0 Å². The maximum atomic E-state index is 12.6. The second-order valence-corrected chi connectivity index (χ2v) is 32.7. The topological polar surface area (TPSA) is 301 Å². The van der Waals surface area contributed by atoms with Gasteiger partial charge in [0.25, 0.3) is 23.6 Å². The van der Waals surface area contributed by atoms with Crippen molar-refractivity contribution >= 4 is 83.3 Å². The number of hydrogen-bond donors (Lipinski definition) is 1. The third-order valence-electron chi connectivity index (χ3n) is 24.5. The fraction of sp³-hybridized carbons (Fsp3) is 0.294. The molecular weight excluding hydrogens is 1630 g/mol. The van der Waals surface area contributed by atoms with E-state index in [0.717, 1.165) is 223 Å². The lowest BCUT2D eigenvalue weighted by molar-refractivity contribution is -0.139. The molecule has 8 aromatic carbocycles. The number of carbonyl (C=O) groups is 8. The van der Waals surface area contributed by atoms with E-state index in [1.165, 1.54) is 4.57 Å². The van der Waals surface area contributed by atoms with Crippen LogP contribution in [0, 0.1) is 0 Å². The van der Waals surface area contributed by atoms with Crippen LogP contribution in [0.25, 0.3) is 85.9 Å². The van der Waals surface area contributed by atoms with Gasteiger partial charge in [-0.15, -0.1) is 10.2 Å². The Morgan fingerprint density at radius 1 is 0.357 bits per heavy atom. The quantitative estimate of drug-likeness (QED) is 0.0694. The number of amides is 4. The Morgan fingerprint density at radius 2 is 0.682 bits per heavy atom. The van der Waals surface area contributed by atoms with Crippen LogP contribution < -0.4 is 10.6 Å². The summed E-state index contributed by atoms with van der Waals surface area (Å²) in [4.78, 5) is 132. The molecule has 12 heterocycles. The molecular formula is C102H100N14O13. The van der Waals surface area contributed by atoms with Crippen molar-refractivity contribution in [1.82, 2.24) is 58.7 Å². The molecule has 0 atom stereocenters. The maximum Gasteiger partial charge on any atom is 0.347 e. The average Bonchev–Trinajstić information content (AvgIpc) is 1.06. The number of aromatic amines is 1. The molecule has 11 aromatic rings. The number of aromatic nitrogens is 8. The number of esters is 4. The Morgan fingerprint density at radius 3 is 1.07 bits per heavy atom. The summed E-state index contributed by atoms with van der Waals surface area (Å²) in [6.45, 7) is 16.7. The molecule has 656 valence electrons. The second-order valence-electron chi connectivity index (χ2n) is 32.7. The number of anilines is 1. The lowest BCUT2D eigenvalue weighted by atomic mass is 9.99. The number of amidine groups is 1. The maximum absolute atomic E-state index is 12.6. The molecule has 0 saturated carbocycles. The summed E-state index contributed by atoms with van der Waals surface area (Å²) >= 11 is 0. The highest BCUT2D eigenvalue weighted by Crippen LogP contribution is 2.39. The molecule has 0 aliphatic carbocycles. The number of H-pyrrole nitrogens is 1. The summed E-state index contributed by atoms with van der Waals surface area (Å²) in [6, 6.07) is 55.1. The van der Waals surface area contributed by atoms with Crippen molar-refractivity contribution in [2.75, 3.05) is 96.8 Å². The van der Waals surface area contributed by atoms with E-state index in [4.69, 9.17) is 18.9 Å². The monoisotopic (exact) mass is 1730 g/mol. The molecule has 20 rings (SSSR count). The van der Waals surface area contributed by atoms with Gasteiger partial charge in [-0.2, -0.15) is 5.10 Å². The zero-order chi connectivity index (χ0) is 89.2. The first-order chi connectivity index (χ1) is 63.0. The lowest BCUT2D eigenvalue weighted by Crippen LogP contribution is -2.27. The van der Waals surface area contributed by atoms with Gasteiger partial charge < -0.3 is 48.0 Å². The van der Waals surface area contributed by atoms with Gasteiger partial charge in [-0.25, -0.2) is 38.6 Å². The van der Waals surface area contributed by atoms with Gasteiger partial charge >= 0.3 is 29.6 Å². The first-order valence-corrected chi connectivity index (χ1v) is 44.5. The van der Waals surface area contributed by atoms with E-state index in [9.17, 15) is 43.2 Å². The van der Waals surface area contributed by atoms with E-state index in [-0.39, 0.29) is 60.3 Å². The Labute approximate surface area is 746 Å². The van der Waals surface area contributed by atoms with Crippen LogP contribution in [0.15, 0.2) is 221 Å². The number of fused-ring (bicyclic) bond motifs is 12. The van der Waals surface area contributed by atoms with Crippen LogP contribution in [0.3, 0.4) is 0 Å². The number of nitrogens with one attached hydrogen (secondary N) is 1. The number of nitrogens with zero attached hydrogens (tertiary/aromatic N) is 13. The molecule has 3 aromatic heterocycles. The van der Waals surface area contributed by atoms with Gasteiger partial charge in [0.1, 0.15) is 29.6 Å². The molecule has 9 aliphatic rings. The summed E-state index contributed by atoms with van der Waals surface area (Å²) < 4.78 is 26.4. The highest BCUT2D eigenvalue weighted by atomic mass is 16.5. The number of ether oxygens (including phenoxy) is 4. The Kier molecular flexibility index (Phi) is 26.1. The van der Waals surface area contributed by atoms with Crippen molar-refractivity contribution in [2.24, 2.45) is 4.99 Å². The number of rotatable bonds is 16. The third kappa shape index (κ3) is 18.9. The van der Waals surface area contributed by atoms with Crippen LogP contribution in [0.5, 0.6) is 0 Å². The standard InChI is InChI=1S/C26H27N3O3.C26H25N3O3.C25H24N4O4.C25H24N4O3/c2*1-2-32-26(31)22-16-21-15-20(9-10-23(21)29-14-11-27-24(29)17-22)18-5-7-19(8-6-18)25(30)28-12-3-4-13-28;1-2-33-24(31)20-14-19-13-18(9-10-21(19)29-22(15-20)26-27-25(29)32)16-5-7-17(8-6-16)23(30)28-11-3-4-12-28;1-2-32-25(31)21-14-20-13-19(9-10-22(20)29-16-26-27-23(29)15-21)17-5-7-18(8-6-17)24(30)28-11-3-4-12-28/h5-10,15-16H,2-4,11-14,17H2,1H3;5-11,14-16H,2-4,12-13,17H2,1H3;5-10,13-14H,2-4,11-12,15H2,1H3,(H,27,32);5-10,13-14,16H,2-4,11-12,15H2,1H3. The van der Waals surface area contributed by atoms with Gasteiger partial charge in [0.15, 0.2) is 0 Å². The highest BCUT2D eigenvalue weighted by molar-refractivity contribution is 6.11. The summed E-state index contributed by atoms with van der Waals surface area (Å²) in [5.74, 6) is 1.87. The minimum absolute atomic E-state index is 0.0647. The first kappa shape index (κ1) is 86.4. The smallest absolute Gasteiger partial charge is 0.347 e. The Bertz CT molecular complexity index is 6170. The summed E-state index contributed by atoms with van der Waals surface area (Å²) in [7, 11) is 0. The van der Waals surface area contributed by atoms with E-state index in [1.54, 1.807) is 39.4 Å². The molecule has 4 amide bonds. The van der Waals surface area contributed by atoms with Gasteiger partial charge in [0, 0.05) is 147 Å². The zero-order valence-corrected chi connectivity index (χ0v) is 72.7. The summed E-state index contributed by atoms with van der Waals surface area (Å²) in [6.07, 6.45) is 22.8. The number of likely N-dealkylation sites (tertiary alicyclic amines) is 4. The van der Waals surface area contributed by atoms with Crippen molar-refractivity contribution in [3.8, 4) is 61.6 Å². The molecule has 129 heavy (non-hydrogen) atoms. The fourth-order valence-corrected chi connectivity index (χ4v) is 17.8. The van der Waals surface area contributed by atoms with Crippen LogP contribution in [0.1, 0.15) is 167 Å². The molecule has 0 unspecified atom stereocenters. The average molecular weight is 1730 g/mol. The summed E-state index contributed by atoms with van der Waals surface area (Å²) in [5, 5.41) is 14.8. The van der Waals surface area contributed by atoms with Crippen molar-refractivity contribution in [3.63, 3.8) is 0 Å². The molecule has 0 radical (unpaired) electrons. The van der Waals surface area contributed by atoms with Crippen LogP contribution in [-0.4, -0.2) is 204 Å².